The van der Waals surface area contributed by atoms with Crippen molar-refractivity contribution in [1.29, 1.82) is 0 Å². The number of rotatable bonds is 6. The van der Waals surface area contributed by atoms with Gasteiger partial charge in [-0.3, -0.25) is 4.79 Å². The number of benzene rings is 2. The van der Waals surface area contributed by atoms with Crippen molar-refractivity contribution >= 4 is 58.2 Å². The fourth-order valence-electron chi connectivity index (χ4n) is 2.44. The number of carbonyl (C=O) groups excluding carboxylic acids is 1. The number of nitrogens with one attached hydrogen (secondary N) is 1. The van der Waals surface area contributed by atoms with Crippen LogP contribution in [0.2, 0.25) is 15.1 Å². The van der Waals surface area contributed by atoms with Gasteiger partial charge >= 0.3 is 0 Å². The SMILES string of the molecule is COc1ccc(Cl)cc1-c1nnc(SCC(=O)Nc2ccc(Cl)cc2Cl)n1C. The second kappa shape index (κ2) is 9.05. The summed E-state index contributed by atoms with van der Waals surface area (Å²) in [5, 5.41) is 13.1. The molecule has 0 atom stereocenters. The second-order valence-corrected chi connectivity index (χ2v) is 7.89. The van der Waals surface area contributed by atoms with Crippen LogP contribution < -0.4 is 10.1 Å². The Morgan fingerprint density at radius 2 is 1.86 bits per heavy atom. The Labute approximate surface area is 181 Å². The van der Waals surface area contributed by atoms with E-state index in [9.17, 15) is 4.79 Å². The van der Waals surface area contributed by atoms with Gasteiger partial charge in [-0.25, -0.2) is 0 Å². The third-order valence-corrected chi connectivity index (χ3v) is 5.58. The Kier molecular flexibility index (Phi) is 6.72. The maximum Gasteiger partial charge on any atom is 0.234 e. The minimum atomic E-state index is -0.223. The van der Waals surface area contributed by atoms with Gasteiger partial charge in [-0.15, -0.1) is 10.2 Å². The highest BCUT2D eigenvalue weighted by Gasteiger charge is 2.17. The summed E-state index contributed by atoms with van der Waals surface area (Å²) in [4.78, 5) is 12.2. The van der Waals surface area contributed by atoms with Crippen molar-refractivity contribution in [3.63, 3.8) is 0 Å². The van der Waals surface area contributed by atoms with Gasteiger partial charge in [-0.05, 0) is 36.4 Å². The highest BCUT2D eigenvalue weighted by molar-refractivity contribution is 7.99. The lowest BCUT2D eigenvalue weighted by Gasteiger charge is -2.09. The first-order valence-corrected chi connectivity index (χ1v) is 10.1. The van der Waals surface area contributed by atoms with Gasteiger partial charge in [0.05, 0.1) is 29.1 Å². The van der Waals surface area contributed by atoms with Crippen molar-refractivity contribution in [2.75, 3.05) is 18.2 Å². The van der Waals surface area contributed by atoms with E-state index in [-0.39, 0.29) is 11.7 Å². The third-order valence-electron chi connectivity index (χ3n) is 3.77. The number of aromatic nitrogens is 3. The molecule has 0 fully saturated rings. The van der Waals surface area contributed by atoms with Crippen molar-refractivity contribution < 1.29 is 9.53 Å². The number of hydrogen-bond acceptors (Lipinski definition) is 5. The molecule has 3 rings (SSSR count). The van der Waals surface area contributed by atoms with Crippen molar-refractivity contribution in [3.05, 3.63) is 51.5 Å². The molecule has 0 saturated heterocycles. The number of methoxy groups -OCH3 is 1. The maximum absolute atomic E-state index is 12.2. The molecule has 6 nitrogen and oxygen atoms in total. The Bertz CT molecular complexity index is 1030. The molecule has 0 bridgehead atoms. The van der Waals surface area contributed by atoms with E-state index in [1.807, 2.05) is 7.05 Å². The molecule has 10 heteroatoms. The van der Waals surface area contributed by atoms with E-state index in [2.05, 4.69) is 15.5 Å². The first-order chi connectivity index (χ1) is 13.4. The van der Waals surface area contributed by atoms with Crippen molar-refractivity contribution in [2.45, 2.75) is 5.16 Å². The van der Waals surface area contributed by atoms with Crippen LogP contribution in [0.15, 0.2) is 41.6 Å². The molecule has 1 aromatic heterocycles. The molecule has 0 spiro atoms. The van der Waals surface area contributed by atoms with Gasteiger partial charge in [0, 0.05) is 17.1 Å². The quantitative estimate of drug-likeness (QED) is 0.516. The van der Waals surface area contributed by atoms with E-state index < -0.39 is 0 Å². The van der Waals surface area contributed by atoms with E-state index in [1.54, 1.807) is 48.1 Å². The molecule has 1 heterocycles. The molecule has 1 N–H and O–H groups in total. The molecule has 0 saturated carbocycles. The van der Waals surface area contributed by atoms with Crippen LogP contribution in [0.4, 0.5) is 5.69 Å². The summed E-state index contributed by atoms with van der Waals surface area (Å²) in [6.07, 6.45) is 0. The highest BCUT2D eigenvalue weighted by Crippen LogP contribution is 2.33. The van der Waals surface area contributed by atoms with Crippen molar-refractivity contribution in [1.82, 2.24) is 14.8 Å². The van der Waals surface area contributed by atoms with Crippen LogP contribution in [0.5, 0.6) is 5.75 Å². The second-order valence-electron chi connectivity index (χ2n) is 5.67. The van der Waals surface area contributed by atoms with Crippen LogP contribution in [-0.2, 0) is 11.8 Å². The number of thioether (sulfide) groups is 1. The average Bonchev–Trinajstić information content (AvgIpc) is 3.02. The van der Waals surface area contributed by atoms with Gasteiger partial charge in [0.15, 0.2) is 11.0 Å². The van der Waals surface area contributed by atoms with Crippen LogP contribution >= 0.6 is 46.6 Å². The van der Waals surface area contributed by atoms with E-state index >= 15 is 0 Å². The molecule has 146 valence electrons. The van der Waals surface area contributed by atoms with Gasteiger partial charge in [-0.2, -0.15) is 0 Å². The molecule has 0 aliphatic carbocycles. The summed E-state index contributed by atoms with van der Waals surface area (Å²) in [6.45, 7) is 0. The zero-order valence-corrected chi connectivity index (χ0v) is 18.0. The van der Waals surface area contributed by atoms with Gasteiger partial charge in [0.1, 0.15) is 5.75 Å². The number of hydrogen-bond donors (Lipinski definition) is 1. The Morgan fingerprint density at radius 3 is 2.57 bits per heavy atom. The summed E-state index contributed by atoms with van der Waals surface area (Å²) < 4.78 is 7.15. The first-order valence-electron chi connectivity index (χ1n) is 8.00. The normalized spacial score (nSPS) is 10.8. The number of halogens is 3. The molecule has 28 heavy (non-hydrogen) atoms. The fraction of sp³-hybridized carbons (Fsp3) is 0.167. The van der Waals surface area contributed by atoms with E-state index in [1.165, 1.54) is 11.8 Å². The minimum absolute atomic E-state index is 0.137. The summed E-state index contributed by atoms with van der Waals surface area (Å²) >= 11 is 19.3. The lowest BCUT2D eigenvalue weighted by atomic mass is 10.2. The molecule has 0 aliphatic rings. The fourth-order valence-corrected chi connectivity index (χ4v) is 3.78. The van der Waals surface area contributed by atoms with Crippen molar-refractivity contribution in [3.8, 4) is 17.1 Å². The summed E-state index contributed by atoms with van der Waals surface area (Å²) in [5.41, 5.74) is 1.22. The van der Waals surface area contributed by atoms with E-state index in [0.717, 1.165) is 0 Å². The summed E-state index contributed by atoms with van der Waals surface area (Å²) in [5.74, 6) is 1.13. The van der Waals surface area contributed by atoms with Crippen LogP contribution in [0.25, 0.3) is 11.4 Å². The van der Waals surface area contributed by atoms with Gasteiger partial charge in [0.25, 0.3) is 0 Å². The molecule has 0 unspecified atom stereocenters. The number of amides is 1. The topological polar surface area (TPSA) is 69.0 Å². The molecule has 1 amide bonds. The maximum atomic E-state index is 12.2. The highest BCUT2D eigenvalue weighted by atomic mass is 35.5. The zero-order chi connectivity index (χ0) is 20.3. The number of anilines is 1. The predicted octanol–water partition coefficient (Wildman–Crippen LogP) is 5.18. The lowest BCUT2D eigenvalue weighted by Crippen LogP contribution is -2.14. The van der Waals surface area contributed by atoms with E-state index in [4.69, 9.17) is 39.5 Å². The Morgan fingerprint density at radius 1 is 1.14 bits per heavy atom. The van der Waals surface area contributed by atoms with Crippen molar-refractivity contribution in [2.24, 2.45) is 7.05 Å². The van der Waals surface area contributed by atoms with Gasteiger partial charge in [-0.1, -0.05) is 46.6 Å². The number of carbonyl (C=O) groups is 1. The molecule has 0 radical (unpaired) electrons. The summed E-state index contributed by atoms with van der Waals surface area (Å²) in [6, 6.07) is 10.1. The van der Waals surface area contributed by atoms with Gasteiger partial charge < -0.3 is 14.6 Å². The molecular formula is C18H15Cl3N4O2S. The molecular weight excluding hydrogens is 443 g/mol. The van der Waals surface area contributed by atoms with Gasteiger partial charge in [0.2, 0.25) is 5.91 Å². The Hall–Kier alpha value is -1.93. The molecule has 2 aromatic carbocycles. The largest absolute Gasteiger partial charge is 0.496 e. The zero-order valence-electron chi connectivity index (χ0n) is 14.9. The summed E-state index contributed by atoms with van der Waals surface area (Å²) in [7, 11) is 3.39. The predicted molar refractivity (Wildman–Crippen MR) is 114 cm³/mol. The van der Waals surface area contributed by atoms with Crippen LogP contribution in [0, 0.1) is 0 Å². The minimum Gasteiger partial charge on any atom is -0.496 e. The Balaban J connectivity index is 1.71. The standard InChI is InChI=1S/C18H15Cl3N4O2S/c1-25-17(12-7-10(19)4-6-15(12)27-2)23-24-18(25)28-9-16(26)22-14-5-3-11(20)8-13(14)21/h3-8H,9H2,1-2H3,(H,22,26). The lowest BCUT2D eigenvalue weighted by molar-refractivity contribution is -0.113. The van der Waals surface area contributed by atoms with E-state index in [0.29, 0.717) is 43.0 Å². The monoisotopic (exact) mass is 456 g/mol. The van der Waals surface area contributed by atoms with Crippen LogP contribution in [-0.4, -0.2) is 33.5 Å². The third kappa shape index (κ3) is 4.72. The molecule has 0 aliphatic heterocycles. The number of nitrogens with zero attached hydrogens (tertiary/aromatic N) is 3. The van der Waals surface area contributed by atoms with Crippen LogP contribution in [0.1, 0.15) is 0 Å². The number of ether oxygens (including phenoxy) is 1. The first kappa shape index (κ1) is 20.8. The molecule has 3 aromatic rings. The average molecular weight is 458 g/mol. The van der Waals surface area contributed by atoms with Crippen LogP contribution in [0.3, 0.4) is 0 Å². The smallest absolute Gasteiger partial charge is 0.234 e.